The molecule has 0 saturated heterocycles. The molecule has 0 aliphatic rings. The van der Waals surface area contributed by atoms with Crippen molar-refractivity contribution in [3.05, 3.63) is 29.8 Å². The fourth-order valence-corrected chi connectivity index (χ4v) is 2.68. The normalized spacial score (nSPS) is 12.9. The van der Waals surface area contributed by atoms with E-state index < -0.39 is 15.7 Å². The second kappa shape index (κ2) is 5.26. The highest BCUT2D eigenvalue weighted by Gasteiger charge is 2.24. The number of nitrogens with two attached hydrogens (primary N) is 1. The van der Waals surface area contributed by atoms with E-state index in [2.05, 4.69) is 4.72 Å². The Kier molecular flexibility index (Phi) is 4.37. The standard InChI is InChI=1S/C12H21N3O2S/c1-12(2,3)14-18(16,17)15(4)9-10-5-7-11(13)8-6-10/h5-8,14H,9,13H2,1-4H3. The van der Waals surface area contributed by atoms with E-state index in [-0.39, 0.29) is 0 Å². The summed E-state index contributed by atoms with van der Waals surface area (Å²) in [5, 5.41) is 0. The quantitative estimate of drug-likeness (QED) is 0.811. The van der Waals surface area contributed by atoms with Gasteiger partial charge in [0.15, 0.2) is 0 Å². The third-order valence-corrected chi connectivity index (χ3v) is 4.05. The van der Waals surface area contributed by atoms with Crippen LogP contribution < -0.4 is 10.5 Å². The fourth-order valence-electron chi connectivity index (χ4n) is 1.43. The molecule has 1 rings (SSSR count). The van der Waals surface area contributed by atoms with Crippen molar-refractivity contribution in [2.75, 3.05) is 12.8 Å². The first-order chi connectivity index (χ1) is 8.10. The molecule has 0 aliphatic carbocycles. The van der Waals surface area contributed by atoms with Crippen molar-refractivity contribution < 1.29 is 8.42 Å². The molecule has 1 aromatic rings. The Labute approximate surface area is 109 Å². The van der Waals surface area contributed by atoms with Crippen molar-refractivity contribution in [1.29, 1.82) is 0 Å². The Bertz CT molecular complexity index is 489. The highest BCUT2D eigenvalue weighted by atomic mass is 32.2. The van der Waals surface area contributed by atoms with Crippen molar-refractivity contribution in [3.8, 4) is 0 Å². The Balaban J connectivity index is 2.76. The minimum Gasteiger partial charge on any atom is -0.399 e. The molecule has 0 amide bonds. The van der Waals surface area contributed by atoms with Crippen LogP contribution in [0.1, 0.15) is 26.3 Å². The minimum absolute atomic E-state index is 0.311. The third kappa shape index (κ3) is 4.64. The molecule has 5 nitrogen and oxygen atoms in total. The molecule has 0 bridgehead atoms. The van der Waals surface area contributed by atoms with Crippen LogP contribution in [0.5, 0.6) is 0 Å². The molecule has 0 aliphatic heterocycles. The van der Waals surface area contributed by atoms with E-state index in [1.807, 2.05) is 32.9 Å². The SMILES string of the molecule is CN(Cc1ccc(N)cc1)S(=O)(=O)NC(C)(C)C. The summed E-state index contributed by atoms with van der Waals surface area (Å²) in [4.78, 5) is 0. The van der Waals surface area contributed by atoms with Gasteiger partial charge < -0.3 is 5.73 Å². The van der Waals surface area contributed by atoms with Gasteiger partial charge in [0.2, 0.25) is 0 Å². The number of nitrogens with zero attached hydrogens (tertiary/aromatic N) is 1. The summed E-state index contributed by atoms with van der Waals surface area (Å²) in [6.07, 6.45) is 0. The summed E-state index contributed by atoms with van der Waals surface area (Å²) < 4.78 is 27.9. The number of nitrogens with one attached hydrogen (secondary N) is 1. The first-order valence-corrected chi connectivity index (χ1v) is 7.14. The van der Waals surface area contributed by atoms with Crippen molar-refractivity contribution in [2.45, 2.75) is 32.9 Å². The van der Waals surface area contributed by atoms with Gasteiger partial charge in [-0.15, -0.1) is 0 Å². The number of hydrogen-bond acceptors (Lipinski definition) is 3. The van der Waals surface area contributed by atoms with Crippen molar-refractivity contribution in [2.24, 2.45) is 0 Å². The van der Waals surface area contributed by atoms with E-state index in [1.54, 1.807) is 19.2 Å². The monoisotopic (exact) mass is 271 g/mol. The summed E-state index contributed by atoms with van der Waals surface area (Å²) in [6.45, 7) is 5.73. The minimum atomic E-state index is -3.47. The van der Waals surface area contributed by atoms with Crippen molar-refractivity contribution >= 4 is 15.9 Å². The molecule has 0 unspecified atom stereocenters. The summed E-state index contributed by atoms with van der Waals surface area (Å²) in [7, 11) is -1.93. The van der Waals surface area contributed by atoms with Crippen molar-refractivity contribution in [1.82, 2.24) is 9.03 Å². The highest BCUT2D eigenvalue weighted by molar-refractivity contribution is 7.87. The van der Waals surface area contributed by atoms with Gasteiger partial charge in [-0.2, -0.15) is 17.4 Å². The topological polar surface area (TPSA) is 75.4 Å². The van der Waals surface area contributed by atoms with E-state index in [0.29, 0.717) is 12.2 Å². The highest BCUT2D eigenvalue weighted by Crippen LogP contribution is 2.11. The van der Waals surface area contributed by atoms with Gasteiger partial charge in [0.25, 0.3) is 10.2 Å². The van der Waals surface area contributed by atoms with Crippen LogP contribution in [0.3, 0.4) is 0 Å². The van der Waals surface area contributed by atoms with Crippen LogP contribution in [0, 0.1) is 0 Å². The summed E-state index contributed by atoms with van der Waals surface area (Å²) in [5.41, 5.74) is 6.65. The van der Waals surface area contributed by atoms with Gasteiger partial charge in [0, 0.05) is 24.8 Å². The average molecular weight is 271 g/mol. The summed E-state index contributed by atoms with van der Waals surface area (Å²) in [6, 6.07) is 7.15. The molecule has 1 aromatic carbocycles. The maximum absolute atomic E-state index is 12.0. The number of benzene rings is 1. The largest absolute Gasteiger partial charge is 0.399 e. The molecule has 0 fully saturated rings. The van der Waals surface area contributed by atoms with Crippen LogP contribution in [0.25, 0.3) is 0 Å². The molecule has 0 saturated carbocycles. The van der Waals surface area contributed by atoms with Crippen LogP contribution in [0.4, 0.5) is 5.69 Å². The maximum Gasteiger partial charge on any atom is 0.279 e. The van der Waals surface area contributed by atoms with E-state index in [9.17, 15) is 8.42 Å². The van der Waals surface area contributed by atoms with Crippen molar-refractivity contribution in [3.63, 3.8) is 0 Å². The lowest BCUT2D eigenvalue weighted by atomic mass is 10.1. The molecular weight excluding hydrogens is 250 g/mol. The first-order valence-electron chi connectivity index (χ1n) is 5.70. The average Bonchev–Trinajstić information content (AvgIpc) is 2.17. The number of nitrogen functional groups attached to an aromatic ring is 1. The molecule has 3 N–H and O–H groups in total. The predicted molar refractivity (Wildman–Crippen MR) is 74.1 cm³/mol. The van der Waals surface area contributed by atoms with Crippen LogP contribution in [-0.2, 0) is 16.8 Å². The molecule has 0 heterocycles. The summed E-state index contributed by atoms with van der Waals surface area (Å²) >= 11 is 0. The molecule has 0 radical (unpaired) electrons. The van der Waals surface area contributed by atoms with Crippen LogP contribution in [-0.4, -0.2) is 25.3 Å². The second-order valence-corrected chi connectivity index (χ2v) is 7.13. The second-order valence-electron chi connectivity index (χ2n) is 5.35. The van der Waals surface area contributed by atoms with Crippen LogP contribution in [0.15, 0.2) is 24.3 Å². The molecule has 0 spiro atoms. The van der Waals surface area contributed by atoms with E-state index in [1.165, 1.54) is 4.31 Å². The number of rotatable bonds is 4. The molecular formula is C12H21N3O2S. The van der Waals surface area contributed by atoms with Gasteiger partial charge in [-0.05, 0) is 38.5 Å². The smallest absolute Gasteiger partial charge is 0.279 e. The van der Waals surface area contributed by atoms with E-state index in [4.69, 9.17) is 5.73 Å². The molecule has 0 atom stereocenters. The molecule has 18 heavy (non-hydrogen) atoms. The lowest BCUT2D eigenvalue weighted by Gasteiger charge is -2.25. The van der Waals surface area contributed by atoms with Crippen LogP contribution >= 0.6 is 0 Å². The van der Waals surface area contributed by atoms with Gasteiger partial charge in [-0.25, -0.2) is 0 Å². The van der Waals surface area contributed by atoms with Gasteiger partial charge in [0.1, 0.15) is 0 Å². The Morgan fingerprint density at radius 2 is 1.72 bits per heavy atom. The zero-order chi connectivity index (χ0) is 14.0. The number of hydrogen-bond donors (Lipinski definition) is 2. The van der Waals surface area contributed by atoms with Crippen LogP contribution in [0.2, 0.25) is 0 Å². The Hall–Kier alpha value is -1.11. The lowest BCUT2D eigenvalue weighted by Crippen LogP contribution is -2.47. The molecule has 102 valence electrons. The Morgan fingerprint density at radius 1 is 1.22 bits per heavy atom. The lowest BCUT2D eigenvalue weighted by molar-refractivity contribution is 0.421. The van der Waals surface area contributed by atoms with Gasteiger partial charge in [-0.1, -0.05) is 12.1 Å². The van der Waals surface area contributed by atoms with E-state index >= 15 is 0 Å². The fraction of sp³-hybridized carbons (Fsp3) is 0.500. The third-order valence-electron chi connectivity index (χ3n) is 2.23. The Morgan fingerprint density at radius 3 is 2.17 bits per heavy atom. The summed E-state index contributed by atoms with van der Waals surface area (Å²) in [5.74, 6) is 0. The van der Waals surface area contributed by atoms with Gasteiger partial charge in [-0.3, -0.25) is 0 Å². The maximum atomic E-state index is 12.0. The number of anilines is 1. The predicted octanol–water partition coefficient (Wildman–Crippen LogP) is 1.33. The van der Waals surface area contributed by atoms with Gasteiger partial charge >= 0.3 is 0 Å². The molecule has 0 aromatic heterocycles. The zero-order valence-electron chi connectivity index (χ0n) is 11.3. The first kappa shape index (κ1) is 14.9. The molecule has 6 heteroatoms. The van der Waals surface area contributed by atoms with Gasteiger partial charge in [0.05, 0.1) is 0 Å². The van der Waals surface area contributed by atoms with E-state index in [0.717, 1.165) is 5.56 Å². The zero-order valence-corrected chi connectivity index (χ0v) is 12.1.